The maximum absolute atomic E-state index is 14.3. The van der Waals surface area contributed by atoms with E-state index < -0.39 is 15.8 Å². The fourth-order valence-corrected chi connectivity index (χ4v) is 5.06. The van der Waals surface area contributed by atoms with Gasteiger partial charge in [0.15, 0.2) is 0 Å². The van der Waals surface area contributed by atoms with Crippen molar-refractivity contribution in [3.05, 3.63) is 28.5 Å². The van der Waals surface area contributed by atoms with Crippen molar-refractivity contribution in [1.29, 1.82) is 0 Å². The minimum Gasteiger partial charge on any atom is -0.316 e. The van der Waals surface area contributed by atoms with Crippen LogP contribution < -0.4 is 10.0 Å². The number of rotatable bonds is 6. The molecule has 1 aliphatic rings. The van der Waals surface area contributed by atoms with Gasteiger partial charge in [-0.2, -0.15) is 11.8 Å². The van der Waals surface area contributed by atoms with E-state index in [0.717, 1.165) is 24.7 Å². The number of sulfonamides is 1. The Morgan fingerprint density at radius 2 is 2.24 bits per heavy atom. The lowest BCUT2D eigenvalue weighted by molar-refractivity contribution is 0.545. The topological polar surface area (TPSA) is 58.2 Å². The van der Waals surface area contributed by atoms with Crippen LogP contribution in [0, 0.1) is 5.82 Å². The Labute approximate surface area is 133 Å². The van der Waals surface area contributed by atoms with Crippen LogP contribution >= 0.6 is 23.4 Å². The number of hydrogen-bond acceptors (Lipinski definition) is 4. The van der Waals surface area contributed by atoms with E-state index >= 15 is 0 Å². The number of halogens is 2. The highest BCUT2D eigenvalue weighted by atomic mass is 35.5. The molecule has 0 radical (unpaired) electrons. The molecule has 1 fully saturated rings. The Kier molecular flexibility index (Phi) is 5.90. The molecule has 1 saturated heterocycles. The minimum atomic E-state index is -3.89. The molecule has 2 rings (SSSR count). The molecule has 1 unspecified atom stereocenters. The molecule has 8 heteroatoms. The molecular weight excluding hydrogens is 335 g/mol. The smallest absolute Gasteiger partial charge is 0.243 e. The number of nitrogens with one attached hydrogen (secondary N) is 2. The molecule has 21 heavy (non-hydrogen) atoms. The van der Waals surface area contributed by atoms with E-state index in [1.807, 2.05) is 0 Å². The molecular formula is C13H18ClFN2O2S2. The standard InChI is InChI=1S/C13H18ClFN2O2S2/c1-16-7-9-5-10(14)6-12(13(9)15)21(18,19)17-8-11-3-2-4-20-11/h5-6,11,16-17H,2-4,7-8H2,1H3. The fourth-order valence-electron chi connectivity index (χ4n) is 2.22. The van der Waals surface area contributed by atoms with Crippen LogP contribution in [0.1, 0.15) is 18.4 Å². The highest BCUT2D eigenvalue weighted by molar-refractivity contribution is 8.00. The molecule has 0 saturated carbocycles. The maximum Gasteiger partial charge on any atom is 0.243 e. The molecule has 0 amide bonds. The van der Waals surface area contributed by atoms with Crippen molar-refractivity contribution < 1.29 is 12.8 Å². The molecule has 2 N–H and O–H groups in total. The average Bonchev–Trinajstić information content (AvgIpc) is 2.94. The molecule has 4 nitrogen and oxygen atoms in total. The van der Waals surface area contributed by atoms with Gasteiger partial charge in [-0.25, -0.2) is 17.5 Å². The van der Waals surface area contributed by atoms with E-state index in [0.29, 0.717) is 6.54 Å². The molecule has 118 valence electrons. The summed E-state index contributed by atoms with van der Waals surface area (Å²) in [5, 5.41) is 3.26. The molecule has 1 atom stereocenters. The van der Waals surface area contributed by atoms with Crippen molar-refractivity contribution in [3.63, 3.8) is 0 Å². The van der Waals surface area contributed by atoms with Gasteiger partial charge in [0.1, 0.15) is 10.7 Å². The van der Waals surface area contributed by atoms with Crippen molar-refractivity contribution >= 4 is 33.4 Å². The van der Waals surface area contributed by atoms with Gasteiger partial charge < -0.3 is 5.32 Å². The molecule has 1 aromatic rings. The van der Waals surface area contributed by atoms with Crippen LogP contribution in [0.4, 0.5) is 4.39 Å². The molecule has 1 aliphatic heterocycles. The van der Waals surface area contributed by atoms with Gasteiger partial charge in [-0.3, -0.25) is 0 Å². The van der Waals surface area contributed by atoms with Crippen LogP contribution in [0.5, 0.6) is 0 Å². The van der Waals surface area contributed by atoms with Gasteiger partial charge in [-0.15, -0.1) is 0 Å². The van der Waals surface area contributed by atoms with Crippen LogP contribution in [0.25, 0.3) is 0 Å². The second-order valence-corrected chi connectivity index (χ2v) is 8.47. The highest BCUT2D eigenvalue weighted by Crippen LogP contribution is 2.27. The van der Waals surface area contributed by atoms with Crippen LogP contribution in [-0.2, 0) is 16.6 Å². The fraction of sp³-hybridized carbons (Fsp3) is 0.538. The quantitative estimate of drug-likeness (QED) is 0.825. The van der Waals surface area contributed by atoms with Gasteiger partial charge in [-0.1, -0.05) is 11.6 Å². The van der Waals surface area contributed by atoms with E-state index in [4.69, 9.17) is 11.6 Å². The summed E-state index contributed by atoms with van der Waals surface area (Å²) >= 11 is 7.64. The Morgan fingerprint density at radius 3 is 2.86 bits per heavy atom. The number of thioether (sulfide) groups is 1. The SMILES string of the molecule is CNCc1cc(Cl)cc(S(=O)(=O)NCC2CCCS2)c1F. The molecule has 1 heterocycles. The van der Waals surface area contributed by atoms with Crippen molar-refractivity contribution in [2.24, 2.45) is 0 Å². The Hall–Kier alpha value is -0.340. The zero-order valence-corrected chi connectivity index (χ0v) is 14.0. The average molecular weight is 353 g/mol. The first kappa shape index (κ1) is 17.0. The lowest BCUT2D eigenvalue weighted by Crippen LogP contribution is -2.30. The third-order valence-electron chi connectivity index (χ3n) is 3.26. The van der Waals surface area contributed by atoms with E-state index in [1.54, 1.807) is 18.8 Å². The van der Waals surface area contributed by atoms with Gasteiger partial charge in [0.25, 0.3) is 0 Å². The summed E-state index contributed by atoms with van der Waals surface area (Å²) in [4.78, 5) is -0.386. The zero-order chi connectivity index (χ0) is 15.5. The van der Waals surface area contributed by atoms with Crippen LogP contribution in [0.3, 0.4) is 0 Å². The monoisotopic (exact) mass is 352 g/mol. The summed E-state index contributed by atoms with van der Waals surface area (Å²) in [5.74, 6) is 0.296. The van der Waals surface area contributed by atoms with Crippen molar-refractivity contribution in [1.82, 2.24) is 10.0 Å². The summed E-state index contributed by atoms with van der Waals surface area (Å²) in [6.07, 6.45) is 2.07. The lowest BCUT2D eigenvalue weighted by atomic mass is 10.2. The summed E-state index contributed by atoms with van der Waals surface area (Å²) in [6, 6.07) is 2.58. The molecule has 0 aliphatic carbocycles. The molecule has 1 aromatic carbocycles. The van der Waals surface area contributed by atoms with E-state index in [-0.39, 0.29) is 27.3 Å². The van der Waals surface area contributed by atoms with Gasteiger partial charge in [0.05, 0.1) is 0 Å². The first-order valence-electron chi connectivity index (χ1n) is 6.68. The van der Waals surface area contributed by atoms with E-state index in [9.17, 15) is 12.8 Å². The van der Waals surface area contributed by atoms with E-state index in [1.165, 1.54) is 6.07 Å². The normalized spacial score (nSPS) is 19.1. The maximum atomic E-state index is 14.3. The van der Waals surface area contributed by atoms with Crippen molar-refractivity contribution in [3.8, 4) is 0 Å². The summed E-state index contributed by atoms with van der Waals surface area (Å²) in [6.45, 7) is 0.535. The first-order valence-corrected chi connectivity index (χ1v) is 9.59. The predicted molar refractivity (Wildman–Crippen MR) is 84.8 cm³/mol. The summed E-state index contributed by atoms with van der Waals surface area (Å²) < 4.78 is 41.4. The summed E-state index contributed by atoms with van der Waals surface area (Å²) in [7, 11) is -2.24. The number of hydrogen-bond donors (Lipinski definition) is 2. The second kappa shape index (κ2) is 7.28. The van der Waals surface area contributed by atoms with Gasteiger partial charge in [-0.05, 0) is 37.8 Å². The van der Waals surface area contributed by atoms with Gasteiger partial charge in [0.2, 0.25) is 10.0 Å². The Morgan fingerprint density at radius 1 is 1.48 bits per heavy atom. The van der Waals surface area contributed by atoms with Crippen LogP contribution in [-0.4, -0.2) is 33.0 Å². The van der Waals surface area contributed by atoms with Gasteiger partial charge in [0, 0.05) is 28.9 Å². The molecule has 0 aromatic heterocycles. The highest BCUT2D eigenvalue weighted by Gasteiger charge is 2.24. The Bertz CT molecular complexity index is 604. The molecule has 0 spiro atoms. The minimum absolute atomic E-state index is 0.206. The third-order valence-corrected chi connectivity index (χ3v) is 6.30. The lowest BCUT2D eigenvalue weighted by Gasteiger charge is -2.13. The zero-order valence-electron chi connectivity index (χ0n) is 11.7. The van der Waals surface area contributed by atoms with Crippen LogP contribution in [0.2, 0.25) is 5.02 Å². The first-order chi connectivity index (χ1) is 9.94. The largest absolute Gasteiger partial charge is 0.316 e. The number of benzene rings is 1. The van der Waals surface area contributed by atoms with Crippen LogP contribution in [0.15, 0.2) is 17.0 Å². The van der Waals surface area contributed by atoms with Crippen molar-refractivity contribution in [2.45, 2.75) is 29.5 Å². The summed E-state index contributed by atoms with van der Waals surface area (Å²) in [5.41, 5.74) is 0.237. The second-order valence-electron chi connectivity index (χ2n) is 4.89. The van der Waals surface area contributed by atoms with E-state index in [2.05, 4.69) is 10.0 Å². The Balaban J connectivity index is 2.21. The van der Waals surface area contributed by atoms with Gasteiger partial charge >= 0.3 is 0 Å². The molecule has 0 bridgehead atoms. The van der Waals surface area contributed by atoms with Crippen molar-refractivity contribution in [2.75, 3.05) is 19.3 Å². The predicted octanol–water partition coefficient (Wildman–Crippen LogP) is 2.37. The third kappa shape index (κ3) is 4.32.